The molecule has 0 radical (unpaired) electrons. The van der Waals surface area contributed by atoms with Crippen LogP contribution in [0.4, 0.5) is 0 Å². The molecule has 0 aliphatic carbocycles. The normalized spacial score (nSPS) is 11.9. The average Bonchev–Trinajstić information content (AvgIpc) is 2.93. The van der Waals surface area contributed by atoms with E-state index in [0.29, 0.717) is 11.5 Å². The Bertz CT molecular complexity index is 671. The standard InChI is InChI=1S/C12H16N2O3S2/c1-8-6-18-7-10(8)5-14-19(15,16)12-3-11(4-13)17-9(12)2/h3,6-7,14H,4-5,13H2,1-2H3. The van der Waals surface area contributed by atoms with Crippen molar-refractivity contribution in [3.8, 4) is 0 Å². The first kappa shape index (κ1) is 14.3. The highest BCUT2D eigenvalue weighted by molar-refractivity contribution is 7.89. The fourth-order valence-electron chi connectivity index (χ4n) is 1.71. The molecule has 3 N–H and O–H groups in total. The number of rotatable bonds is 5. The topological polar surface area (TPSA) is 85.3 Å². The van der Waals surface area contributed by atoms with Gasteiger partial charge in [0, 0.05) is 12.6 Å². The minimum atomic E-state index is -3.57. The SMILES string of the molecule is Cc1cscc1CNS(=O)(=O)c1cc(CN)oc1C. The van der Waals surface area contributed by atoms with Crippen molar-refractivity contribution < 1.29 is 12.8 Å². The van der Waals surface area contributed by atoms with E-state index in [9.17, 15) is 8.42 Å². The lowest BCUT2D eigenvalue weighted by molar-refractivity contribution is 0.478. The fourth-order valence-corrected chi connectivity index (χ4v) is 3.77. The molecule has 0 unspecified atom stereocenters. The Morgan fingerprint density at radius 1 is 1.37 bits per heavy atom. The zero-order chi connectivity index (χ0) is 14.0. The lowest BCUT2D eigenvalue weighted by Crippen LogP contribution is -2.23. The molecular formula is C12H16N2O3S2. The minimum Gasteiger partial charge on any atom is -0.464 e. The van der Waals surface area contributed by atoms with Gasteiger partial charge in [-0.05, 0) is 35.7 Å². The zero-order valence-electron chi connectivity index (χ0n) is 10.8. The first-order valence-electron chi connectivity index (χ1n) is 5.74. The van der Waals surface area contributed by atoms with E-state index in [-0.39, 0.29) is 18.0 Å². The molecule has 2 rings (SSSR count). The van der Waals surface area contributed by atoms with Gasteiger partial charge in [-0.15, -0.1) is 0 Å². The molecule has 104 valence electrons. The van der Waals surface area contributed by atoms with E-state index in [0.717, 1.165) is 11.1 Å². The molecule has 0 bridgehead atoms. The second kappa shape index (κ2) is 5.46. The molecule has 0 aromatic carbocycles. The third kappa shape index (κ3) is 3.06. The van der Waals surface area contributed by atoms with Crippen molar-refractivity contribution in [2.24, 2.45) is 5.73 Å². The van der Waals surface area contributed by atoms with Crippen LogP contribution < -0.4 is 10.5 Å². The third-order valence-electron chi connectivity index (χ3n) is 2.83. The molecule has 0 spiro atoms. The van der Waals surface area contributed by atoms with Gasteiger partial charge in [0.25, 0.3) is 0 Å². The molecule has 0 saturated carbocycles. The summed E-state index contributed by atoms with van der Waals surface area (Å²) in [5.74, 6) is 0.819. The number of thiophene rings is 1. The van der Waals surface area contributed by atoms with E-state index in [1.165, 1.54) is 6.07 Å². The maximum atomic E-state index is 12.2. The Labute approximate surface area is 116 Å². The molecular weight excluding hydrogens is 284 g/mol. The summed E-state index contributed by atoms with van der Waals surface area (Å²) in [6.45, 7) is 4.03. The summed E-state index contributed by atoms with van der Waals surface area (Å²) in [5, 5.41) is 3.92. The van der Waals surface area contributed by atoms with E-state index in [1.807, 2.05) is 17.7 Å². The molecule has 0 aliphatic heterocycles. The number of aryl methyl sites for hydroxylation is 2. The Morgan fingerprint density at radius 3 is 2.63 bits per heavy atom. The Kier molecular flexibility index (Phi) is 4.10. The molecule has 0 saturated heterocycles. The summed E-state index contributed by atoms with van der Waals surface area (Å²) in [6, 6.07) is 1.47. The number of hydrogen-bond donors (Lipinski definition) is 2. The van der Waals surface area contributed by atoms with Crippen molar-refractivity contribution in [3.05, 3.63) is 39.5 Å². The number of hydrogen-bond acceptors (Lipinski definition) is 5. The van der Waals surface area contributed by atoms with E-state index >= 15 is 0 Å². The molecule has 0 fully saturated rings. The summed E-state index contributed by atoms with van der Waals surface area (Å²) in [5.41, 5.74) is 7.50. The monoisotopic (exact) mass is 300 g/mol. The van der Waals surface area contributed by atoms with Crippen LogP contribution in [0.1, 0.15) is 22.6 Å². The molecule has 7 heteroatoms. The molecule has 5 nitrogen and oxygen atoms in total. The molecule has 2 aromatic heterocycles. The lowest BCUT2D eigenvalue weighted by Gasteiger charge is -2.05. The largest absolute Gasteiger partial charge is 0.464 e. The van der Waals surface area contributed by atoms with Crippen molar-refractivity contribution in [2.75, 3.05) is 0 Å². The maximum absolute atomic E-state index is 12.2. The van der Waals surface area contributed by atoms with E-state index in [1.54, 1.807) is 18.3 Å². The van der Waals surface area contributed by atoms with Gasteiger partial charge in [0.05, 0.1) is 6.54 Å². The predicted octanol–water partition coefficient (Wildman–Crippen LogP) is 1.90. The fraction of sp³-hybridized carbons (Fsp3) is 0.333. The minimum absolute atomic E-state index is 0.154. The van der Waals surface area contributed by atoms with Gasteiger partial charge in [-0.2, -0.15) is 11.3 Å². The van der Waals surface area contributed by atoms with Gasteiger partial charge >= 0.3 is 0 Å². The summed E-state index contributed by atoms with van der Waals surface area (Å²) in [7, 11) is -3.57. The summed E-state index contributed by atoms with van der Waals surface area (Å²) < 4.78 is 32.2. The second-order valence-corrected chi connectivity index (χ2v) is 6.72. The van der Waals surface area contributed by atoms with Gasteiger partial charge < -0.3 is 10.2 Å². The highest BCUT2D eigenvalue weighted by Gasteiger charge is 2.21. The summed E-state index contributed by atoms with van der Waals surface area (Å²) in [4.78, 5) is 0.154. The lowest BCUT2D eigenvalue weighted by atomic mass is 10.2. The van der Waals surface area contributed by atoms with Crippen LogP contribution in [0.15, 0.2) is 26.1 Å². The Balaban J connectivity index is 2.18. The van der Waals surface area contributed by atoms with Crippen molar-refractivity contribution in [1.29, 1.82) is 0 Å². The van der Waals surface area contributed by atoms with Crippen LogP contribution in [0, 0.1) is 13.8 Å². The smallest absolute Gasteiger partial charge is 0.244 e. The van der Waals surface area contributed by atoms with Crippen molar-refractivity contribution in [1.82, 2.24) is 4.72 Å². The molecule has 2 heterocycles. The van der Waals surface area contributed by atoms with E-state index in [2.05, 4.69) is 4.72 Å². The molecule has 0 amide bonds. The van der Waals surface area contributed by atoms with Gasteiger partial charge in [-0.1, -0.05) is 0 Å². The van der Waals surface area contributed by atoms with Crippen LogP contribution >= 0.6 is 11.3 Å². The first-order chi connectivity index (χ1) is 8.94. The predicted molar refractivity (Wildman–Crippen MR) is 74.4 cm³/mol. The average molecular weight is 300 g/mol. The number of sulfonamides is 1. The second-order valence-electron chi connectivity index (χ2n) is 4.24. The molecule has 19 heavy (non-hydrogen) atoms. The highest BCUT2D eigenvalue weighted by Crippen LogP contribution is 2.20. The van der Waals surface area contributed by atoms with E-state index in [4.69, 9.17) is 10.2 Å². The quantitative estimate of drug-likeness (QED) is 0.883. The summed E-state index contributed by atoms with van der Waals surface area (Å²) >= 11 is 1.55. The summed E-state index contributed by atoms with van der Waals surface area (Å²) in [6.07, 6.45) is 0. The van der Waals surface area contributed by atoms with Crippen LogP contribution in [0.25, 0.3) is 0 Å². The van der Waals surface area contributed by atoms with Crippen LogP contribution in [-0.4, -0.2) is 8.42 Å². The van der Waals surface area contributed by atoms with Gasteiger partial charge in [0.2, 0.25) is 10.0 Å². The molecule has 0 aliphatic rings. The zero-order valence-corrected chi connectivity index (χ0v) is 12.4. The van der Waals surface area contributed by atoms with Crippen LogP contribution in [0.2, 0.25) is 0 Å². The van der Waals surface area contributed by atoms with Crippen LogP contribution in [-0.2, 0) is 23.1 Å². The van der Waals surface area contributed by atoms with Crippen LogP contribution in [0.3, 0.4) is 0 Å². The number of nitrogens with one attached hydrogen (secondary N) is 1. The van der Waals surface area contributed by atoms with Crippen molar-refractivity contribution in [2.45, 2.75) is 31.8 Å². The molecule has 2 aromatic rings. The third-order valence-corrected chi connectivity index (χ3v) is 5.25. The number of furan rings is 1. The number of nitrogens with two attached hydrogens (primary N) is 1. The van der Waals surface area contributed by atoms with Gasteiger partial charge in [0.15, 0.2) is 0 Å². The molecule has 0 atom stereocenters. The Morgan fingerprint density at radius 2 is 2.11 bits per heavy atom. The van der Waals surface area contributed by atoms with E-state index < -0.39 is 10.0 Å². The van der Waals surface area contributed by atoms with Gasteiger partial charge in [-0.3, -0.25) is 0 Å². The van der Waals surface area contributed by atoms with Gasteiger partial charge in [-0.25, -0.2) is 13.1 Å². The highest BCUT2D eigenvalue weighted by atomic mass is 32.2. The van der Waals surface area contributed by atoms with Crippen molar-refractivity contribution >= 4 is 21.4 Å². The van der Waals surface area contributed by atoms with Crippen molar-refractivity contribution in [3.63, 3.8) is 0 Å². The van der Waals surface area contributed by atoms with Gasteiger partial charge in [0.1, 0.15) is 16.4 Å². The maximum Gasteiger partial charge on any atom is 0.244 e. The Hall–Kier alpha value is -1.15. The first-order valence-corrected chi connectivity index (χ1v) is 8.17. The van der Waals surface area contributed by atoms with Crippen LogP contribution in [0.5, 0.6) is 0 Å².